The monoisotopic (exact) mass is 504 g/mol. The molecule has 0 aliphatic heterocycles. The summed E-state index contributed by atoms with van der Waals surface area (Å²) in [4.78, 5) is 59.2. The van der Waals surface area contributed by atoms with Gasteiger partial charge >= 0.3 is 5.97 Å². The Bertz CT molecular complexity index is 929. The fourth-order valence-electron chi connectivity index (χ4n) is 3.10. The standard InChI is InChI=1S/C25H36N4O7/c1-16(2)23(29-21(32)7-5-4-6-14-26-20(31)12-13-22(33)34)25(36)27-17(3)24(35)28-19-10-8-18(15-30)9-11-19/h8-13,16-17,23,30H,4-7,14-15H2,1-3H3,(H,26,31)(H,27,36)(H,28,35)(H,29,32)(H,33,34)/b13-12-/t17-,23-/m0/s1. The van der Waals surface area contributed by atoms with E-state index < -0.39 is 35.8 Å². The molecule has 11 nitrogen and oxygen atoms in total. The highest BCUT2D eigenvalue weighted by atomic mass is 16.4. The third kappa shape index (κ3) is 12.1. The lowest BCUT2D eigenvalue weighted by Gasteiger charge is -2.24. The fourth-order valence-corrected chi connectivity index (χ4v) is 3.10. The molecule has 4 amide bonds. The number of anilines is 1. The van der Waals surface area contributed by atoms with Gasteiger partial charge < -0.3 is 31.5 Å². The van der Waals surface area contributed by atoms with E-state index in [0.717, 1.165) is 12.2 Å². The third-order valence-electron chi connectivity index (χ3n) is 5.18. The average molecular weight is 505 g/mol. The molecule has 0 radical (unpaired) electrons. The van der Waals surface area contributed by atoms with Crippen LogP contribution in [0.3, 0.4) is 0 Å². The molecule has 1 rings (SSSR count). The van der Waals surface area contributed by atoms with Crippen molar-refractivity contribution in [3.05, 3.63) is 42.0 Å². The Morgan fingerprint density at radius 3 is 2.14 bits per heavy atom. The van der Waals surface area contributed by atoms with Gasteiger partial charge in [-0.3, -0.25) is 19.2 Å². The van der Waals surface area contributed by atoms with Crippen molar-refractivity contribution >= 4 is 35.3 Å². The number of hydrogen-bond acceptors (Lipinski definition) is 6. The number of aliphatic hydroxyl groups excluding tert-OH is 1. The van der Waals surface area contributed by atoms with Crippen LogP contribution in [0.2, 0.25) is 0 Å². The number of rotatable bonds is 15. The van der Waals surface area contributed by atoms with Crippen LogP contribution in [0.1, 0.15) is 52.0 Å². The first-order chi connectivity index (χ1) is 17.0. The van der Waals surface area contributed by atoms with E-state index in [1.807, 2.05) is 0 Å². The first-order valence-corrected chi connectivity index (χ1v) is 11.8. The molecule has 1 aromatic rings. The van der Waals surface area contributed by atoms with Crippen LogP contribution in [-0.4, -0.2) is 58.4 Å². The quantitative estimate of drug-likeness (QED) is 0.153. The number of amides is 4. The van der Waals surface area contributed by atoms with Gasteiger partial charge in [0, 0.05) is 30.8 Å². The van der Waals surface area contributed by atoms with Crippen LogP contribution >= 0.6 is 0 Å². The number of benzene rings is 1. The maximum absolute atomic E-state index is 12.7. The van der Waals surface area contributed by atoms with Crippen LogP contribution in [0.25, 0.3) is 0 Å². The summed E-state index contributed by atoms with van der Waals surface area (Å²) in [6.45, 7) is 5.38. The van der Waals surface area contributed by atoms with Crippen molar-refractivity contribution < 1.29 is 34.2 Å². The molecule has 0 saturated carbocycles. The van der Waals surface area contributed by atoms with Gasteiger partial charge in [-0.2, -0.15) is 0 Å². The predicted octanol–water partition coefficient (Wildman–Crippen LogP) is 1.08. The second-order valence-electron chi connectivity index (χ2n) is 8.64. The van der Waals surface area contributed by atoms with Crippen LogP contribution in [0.15, 0.2) is 36.4 Å². The summed E-state index contributed by atoms with van der Waals surface area (Å²) >= 11 is 0. The molecule has 0 aliphatic rings. The molecular formula is C25H36N4O7. The van der Waals surface area contributed by atoms with Crippen LogP contribution in [0.5, 0.6) is 0 Å². The van der Waals surface area contributed by atoms with E-state index in [1.165, 1.54) is 0 Å². The van der Waals surface area contributed by atoms with Gasteiger partial charge in [-0.05, 0) is 43.4 Å². The van der Waals surface area contributed by atoms with Crippen molar-refractivity contribution in [1.82, 2.24) is 16.0 Å². The van der Waals surface area contributed by atoms with Crippen molar-refractivity contribution in [3.8, 4) is 0 Å². The summed E-state index contributed by atoms with van der Waals surface area (Å²) in [7, 11) is 0. The number of aliphatic hydroxyl groups is 1. The maximum atomic E-state index is 12.7. The molecule has 0 spiro atoms. The molecule has 0 unspecified atom stereocenters. The first kappa shape index (κ1) is 30.3. The number of carboxylic acid groups (broad SMARTS) is 1. The smallest absolute Gasteiger partial charge is 0.328 e. The van der Waals surface area contributed by atoms with Crippen molar-refractivity contribution in [2.75, 3.05) is 11.9 Å². The molecule has 0 aliphatic carbocycles. The molecule has 36 heavy (non-hydrogen) atoms. The summed E-state index contributed by atoms with van der Waals surface area (Å²) < 4.78 is 0. The molecular weight excluding hydrogens is 468 g/mol. The van der Waals surface area contributed by atoms with Crippen LogP contribution in [0, 0.1) is 5.92 Å². The van der Waals surface area contributed by atoms with E-state index >= 15 is 0 Å². The van der Waals surface area contributed by atoms with Crippen molar-refractivity contribution in [3.63, 3.8) is 0 Å². The predicted molar refractivity (Wildman–Crippen MR) is 134 cm³/mol. The molecule has 6 N–H and O–H groups in total. The topological polar surface area (TPSA) is 174 Å². The zero-order valence-corrected chi connectivity index (χ0v) is 20.9. The molecule has 0 heterocycles. The minimum atomic E-state index is -1.20. The molecule has 0 aromatic heterocycles. The Kier molecular flexibility index (Phi) is 13.5. The summed E-state index contributed by atoms with van der Waals surface area (Å²) in [5.74, 6) is -3.08. The molecule has 0 fully saturated rings. The van der Waals surface area contributed by atoms with E-state index in [4.69, 9.17) is 10.2 Å². The molecule has 0 bridgehead atoms. The number of hydrogen-bond donors (Lipinski definition) is 6. The Morgan fingerprint density at radius 2 is 1.56 bits per heavy atom. The van der Waals surface area contributed by atoms with Gasteiger partial charge in [-0.1, -0.05) is 32.4 Å². The Hall–Kier alpha value is -3.73. The van der Waals surface area contributed by atoms with E-state index in [2.05, 4.69) is 21.3 Å². The van der Waals surface area contributed by atoms with Gasteiger partial charge in [0.25, 0.3) is 0 Å². The zero-order valence-electron chi connectivity index (χ0n) is 20.9. The van der Waals surface area contributed by atoms with Gasteiger partial charge in [0.05, 0.1) is 6.61 Å². The largest absolute Gasteiger partial charge is 0.478 e. The molecule has 198 valence electrons. The van der Waals surface area contributed by atoms with Crippen LogP contribution in [0.4, 0.5) is 5.69 Å². The highest BCUT2D eigenvalue weighted by Gasteiger charge is 2.26. The number of carbonyl (C=O) groups is 5. The molecule has 1 aromatic carbocycles. The van der Waals surface area contributed by atoms with Crippen molar-refractivity contribution in [2.24, 2.45) is 5.92 Å². The Labute approximate surface area is 210 Å². The summed E-state index contributed by atoms with van der Waals surface area (Å²) in [6, 6.07) is 5.02. The van der Waals surface area contributed by atoms with Gasteiger partial charge in [0.1, 0.15) is 12.1 Å². The van der Waals surface area contributed by atoms with Gasteiger partial charge in [-0.25, -0.2) is 4.79 Å². The molecule has 2 atom stereocenters. The minimum absolute atomic E-state index is 0.102. The van der Waals surface area contributed by atoms with Crippen molar-refractivity contribution in [1.29, 1.82) is 0 Å². The Balaban J connectivity index is 2.41. The van der Waals surface area contributed by atoms with Gasteiger partial charge in [0.15, 0.2) is 0 Å². The summed E-state index contributed by atoms with van der Waals surface area (Å²) in [6.07, 6.45) is 3.71. The van der Waals surface area contributed by atoms with Gasteiger partial charge in [-0.15, -0.1) is 0 Å². The number of aliphatic carboxylic acids is 1. The van der Waals surface area contributed by atoms with Crippen LogP contribution < -0.4 is 21.3 Å². The SMILES string of the molecule is CC(C)[C@H](NC(=O)CCCCCNC(=O)/C=C\C(=O)O)C(=O)N[C@@H](C)C(=O)Nc1ccc(CO)cc1. The highest BCUT2D eigenvalue weighted by molar-refractivity contribution is 5.98. The lowest BCUT2D eigenvalue weighted by Crippen LogP contribution is -2.53. The van der Waals surface area contributed by atoms with Crippen molar-refractivity contribution in [2.45, 2.75) is 65.1 Å². The lowest BCUT2D eigenvalue weighted by atomic mass is 10.0. The zero-order chi connectivity index (χ0) is 27.1. The number of nitrogens with one attached hydrogen (secondary N) is 4. The summed E-state index contributed by atoms with van der Waals surface area (Å²) in [5.41, 5.74) is 1.24. The van der Waals surface area contributed by atoms with E-state index in [9.17, 15) is 24.0 Å². The lowest BCUT2D eigenvalue weighted by molar-refractivity contribution is -0.131. The minimum Gasteiger partial charge on any atom is -0.478 e. The number of carbonyl (C=O) groups excluding carboxylic acids is 4. The van der Waals surface area contributed by atoms with E-state index in [0.29, 0.717) is 37.1 Å². The summed E-state index contributed by atoms with van der Waals surface area (Å²) in [5, 5.41) is 28.2. The Morgan fingerprint density at radius 1 is 0.889 bits per heavy atom. The molecule has 0 saturated heterocycles. The second-order valence-corrected chi connectivity index (χ2v) is 8.64. The van der Waals surface area contributed by atoms with E-state index in [-0.39, 0.29) is 24.9 Å². The van der Waals surface area contributed by atoms with E-state index in [1.54, 1.807) is 45.0 Å². The average Bonchev–Trinajstić information content (AvgIpc) is 2.83. The third-order valence-corrected chi connectivity index (χ3v) is 5.18. The maximum Gasteiger partial charge on any atom is 0.328 e. The first-order valence-electron chi connectivity index (χ1n) is 11.8. The highest BCUT2D eigenvalue weighted by Crippen LogP contribution is 2.10. The fraction of sp³-hybridized carbons (Fsp3) is 0.480. The second kappa shape index (κ2) is 16.0. The molecule has 11 heteroatoms. The van der Waals surface area contributed by atoms with Gasteiger partial charge in [0.2, 0.25) is 23.6 Å². The normalized spacial score (nSPS) is 12.6. The number of unbranched alkanes of at least 4 members (excludes halogenated alkanes) is 2. The number of carboxylic acids is 1. The van der Waals surface area contributed by atoms with Crippen LogP contribution in [-0.2, 0) is 30.6 Å².